The zero-order chi connectivity index (χ0) is 16.7. The highest BCUT2D eigenvalue weighted by molar-refractivity contribution is 5.90. The van der Waals surface area contributed by atoms with Crippen molar-refractivity contribution in [1.82, 2.24) is 0 Å². The molecular formula is C18H20O5. The Hall–Kier alpha value is -2.69. The maximum atomic E-state index is 10.6. The summed E-state index contributed by atoms with van der Waals surface area (Å²) in [6.45, 7) is 2.69. The molecule has 0 saturated heterocycles. The van der Waals surface area contributed by atoms with Gasteiger partial charge in [-0.3, -0.25) is 0 Å². The molecule has 2 heterocycles. The topological polar surface area (TPSA) is 76.0 Å². The van der Waals surface area contributed by atoms with Gasteiger partial charge in [-0.05, 0) is 30.7 Å². The summed E-state index contributed by atoms with van der Waals surface area (Å²) in [6, 6.07) is 12.1. The predicted octanol–water partition coefficient (Wildman–Crippen LogP) is 4.45. The van der Waals surface area contributed by atoms with Gasteiger partial charge in [0.25, 0.3) is 0 Å². The van der Waals surface area contributed by atoms with Gasteiger partial charge < -0.3 is 19.7 Å². The van der Waals surface area contributed by atoms with Crippen molar-refractivity contribution in [2.45, 2.75) is 26.2 Å². The number of unbranched alkanes of at least 4 members (excludes halogenated alkanes) is 2. The molecule has 4 rings (SSSR count). The molecule has 0 amide bonds. The van der Waals surface area contributed by atoms with Crippen LogP contribution in [0.2, 0.25) is 0 Å². The van der Waals surface area contributed by atoms with Crippen LogP contribution in [0.5, 0.6) is 23.0 Å². The van der Waals surface area contributed by atoms with Gasteiger partial charge in [-0.25, -0.2) is 4.79 Å². The first kappa shape index (κ1) is 16.7. The van der Waals surface area contributed by atoms with Crippen molar-refractivity contribution >= 4 is 5.97 Å². The van der Waals surface area contributed by atoms with Crippen LogP contribution in [0.3, 0.4) is 0 Å². The van der Waals surface area contributed by atoms with Crippen molar-refractivity contribution in [3.8, 4) is 23.0 Å². The summed E-state index contributed by atoms with van der Waals surface area (Å²) in [5.41, 5.74) is -0.110. The van der Waals surface area contributed by atoms with Crippen LogP contribution in [0, 0.1) is 0 Å². The van der Waals surface area contributed by atoms with Crippen LogP contribution in [-0.2, 0) is 0 Å². The Morgan fingerprint density at radius 3 is 2.26 bits per heavy atom. The number of phenols is 1. The summed E-state index contributed by atoms with van der Waals surface area (Å²) in [6.07, 6.45) is 3.17. The molecule has 0 atom stereocenters. The van der Waals surface area contributed by atoms with E-state index in [1.54, 1.807) is 6.07 Å². The van der Waals surface area contributed by atoms with Crippen LogP contribution < -0.4 is 9.47 Å². The van der Waals surface area contributed by atoms with Crippen molar-refractivity contribution in [1.29, 1.82) is 0 Å². The lowest BCUT2D eigenvalue weighted by atomic mass is 10.2. The molecule has 23 heavy (non-hydrogen) atoms. The lowest BCUT2D eigenvalue weighted by molar-refractivity contribution is 0.0693. The van der Waals surface area contributed by atoms with E-state index in [4.69, 9.17) is 14.6 Å². The number of aromatic hydroxyl groups is 1. The number of rotatable bonds is 6. The number of benzene rings is 2. The monoisotopic (exact) mass is 316 g/mol. The zero-order valence-electron chi connectivity index (χ0n) is 13.0. The number of ether oxygens (including phenoxy) is 2. The second kappa shape index (κ2) is 8.08. The normalized spacial score (nSPS) is 10.7. The van der Waals surface area contributed by atoms with E-state index in [1.807, 2.05) is 24.3 Å². The molecule has 5 nitrogen and oxygen atoms in total. The van der Waals surface area contributed by atoms with Crippen LogP contribution in [0.15, 0.2) is 42.5 Å². The van der Waals surface area contributed by atoms with Gasteiger partial charge in [0.1, 0.15) is 28.6 Å². The van der Waals surface area contributed by atoms with Gasteiger partial charge in [-0.1, -0.05) is 25.8 Å². The maximum Gasteiger partial charge on any atom is 0.339 e. The van der Waals surface area contributed by atoms with Crippen molar-refractivity contribution < 1.29 is 24.5 Å². The predicted molar refractivity (Wildman–Crippen MR) is 86.6 cm³/mol. The number of aromatic carboxylic acids is 1. The summed E-state index contributed by atoms with van der Waals surface area (Å²) in [4.78, 5) is 10.6. The third kappa shape index (κ3) is 4.92. The summed E-state index contributed by atoms with van der Waals surface area (Å²) >= 11 is 0. The molecule has 2 N–H and O–H groups in total. The van der Waals surface area contributed by atoms with Gasteiger partial charge in [0, 0.05) is 12.1 Å². The highest BCUT2D eigenvalue weighted by atomic mass is 16.5. The standard InChI is InChI=1S/C12H16O4.C6H4O/c1-2-3-4-7-16-9-5-6-10(12(14)15)11(13)8-9;1-2-5-4-6(3-1)7-5/h5-6,8,13H,2-4,7H2,1H3,(H,14,15);1-4H. The summed E-state index contributed by atoms with van der Waals surface area (Å²) in [5, 5.41) is 18.1. The Morgan fingerprint density at radius 2 is 1.83 bits per heavy atom. The number of carboxylic acid groups (broad SMARTS) is 1. The van der Waals surface area contributed by atoms with E-state index in [2.05, 4.69) is 6.92 Å². The van der Waals surface area contributed by atoms with Crippen molar-refractivity contribution in [2.75, 3.05) is 6.61 Å². The Labute approximate surface area is 135 Å². The SMILES string of the molecule is CCCCCOc1ccc(C(=O)O)c(O)c1.c1cc2cc(c1)O2. The molecule has 0 saturated carbocycles. The molecule has 2 aliphatic rings. The molecule has 2 aromatic rings. The first-order valence-electron chi connectivity index (χ1n) is 7.57. The molecule has 0 fully saturated rings. The molecule has 0 aromatic heterocycles. The smallest absolute Gasteiger partial charge is 0.339 e. The van der Waals surface area contributed by atoms with Gasteiger partial charge in [0.05, 0.1) is 6.61 Å². The average molecular weight is 316 g/mol. The van der Waals surface area contributed by atoms with E-state index < -0.39 is 5.97 Å². The highest BCUT2D eigenvalue weighted by Crippen LogP contribution is 2.32. The molecule has 5 heteroatoms. The van der Waals surface area contributed by atoms with Gasteiger partial charge >= 0.3 is 5.97 Å². The Bertz CT molecular complexity index is 641. The Balaban J connectivity index is 0.000000223. The third-order valence-electron chi connectivity index (χ3n) is 3.26. The molecule has 122 valence electrons. The quantitative estimate of drug-likeness (QED) is 0.657. The van der Waals surface area contributed by atoms with Crippen LogP contribution >= 0.6 is 0 Å². The summed E-state index contributed by atoms with van der Waals surface area (Å²) < 4.78 is 10.4. The molecule has 2 aromatic carbocycles. The van der Waals surface area contributed by atoms with Gasteiger partial charge in [-0.2, -0.15) is 0 Å². The lowest BCUT2D eigenvalue weighted by Gasteiger charge is -2.13. The van der Waals surface area contributed by atoms with Crippen LogP contribution in [0.1, 0.15) is 36.5 Å². The summed E-state index contributed by atoms with van der Waals surface area (Å²) in [7, 11) is 0. The lowest BCUT2D eigenvalue weighted by Crippen LogP contribution is -1.99. The molecular weight excluding hydrogens is 296 g/mol. The second-order valence-electron chi connectivity index (χ2n) is 5.12. The first-order chi connectivity index (χ1) is 11.1. The number of fused-ring (bicyclic) bond motifs is 2. The fraction of sp³-hybridized carbons (Fsp3) is 0.278. The minimum absolute atomic E-state index is 0.110. The van der Waals surface area contributed by atoms with Crippen molar-refractivity contribution in [3.63, 3.8) is 0 Å². The largest absolute Gasteiger partial charge is 0.507 e. The molecule has 2 bridgehead atoms. The highest BCUT2D eigenvalue weighted by Gasteiger charge is 2.09. The van der Waals surface area contributed by atoms with Crippen molar-refractivity contribution in [2.24, 2.45) is 0 Å². The van der Waals surface area contributed by atoms with E-state index in [9.17, 15) is 9.90 Å². The molecule has 0 unspecified atom stereocenters. The van der Waals surface area contributed by atoms with E-state index in [1.165, 1.54) is 12.1 Å². The van der Waals surface area contributed by atoms with Crippen LogP contribution in [-0.4, -0.2) is 22.8 Å². The molecule has 2 aliphatic heterocycles. The minimum Gasteiger partial charge on any atom is -0.507 e. The van der Waals surface area contributed by atoms with E-state index in [0.29, 0.717) is 12.4 Å². The Morgan fingerprint density at radius 1 is 1.13 bits per heavy atom. The zero-order valence-corrected chi connectivity index (χ0v) is 13.0. The number of carbonyl (C=O) groups is 1. The van der Waals surface area contributed by atoms with E-state index in [0.717, 1.165) is 30.8 Å². The molecule has 0 aliphatic carbocycles. The Kier molecular flexibility index (Phi) is 5.86. The van der Waals surface area contributed by atoms with Crippen LogP contribution in [0.25, 0.3) is 0 Å². The average Bonchev–Trinajstić information content (AvgIpc) is 2.52. The summed E-state index contributed by atoms with van der Waals surface area (Å²) in [5.74, 6) is 1.06. The third-order valence-corrected chi connectivity index (χ3v) is 3.26. The first-order valence-corrected chi connectivity index (χ1v) is 7.57. The fourth-order valence-electron chi connectivity index (χ4n) is 2.00. The maximum absolute atomic E-state index is 10.6. The van der Waals surface area contributed by atoms with E-state index >= 15 is 0 Å². The number of hydrogen-bond donors (Lipinski definition) is 2. The molecule has 0 radical (unpaired) electrons. The molecule has 0 spiro atoms. The van der Waals surface area contributed by atoms with Gasteiger partial charge in [0.15, 0.2) is 0 Å². The minimum atomic E-state index is -1.14. The van der Waals surface area contributed by atoms with Crippen molar-refractivity contribution in [3.05, 3.63) is 48.0 Å². The number of hydrogen-bond acceptors (Lipinski definition) is 4. The van der Waals surface area contributed by atoms with Crippen LogP contribution in [0.4, 0.5) is 0 Å². The van der Waals surface area contributed by atoms with E-state index in [-0.39, 0.29) is 11.3 Å². The van der Waals surface area contributed by atoms with Gasteiger partial charge in [0.2, 0.25) is 0 Å². The number of carboxylic acids is 1. The second-order valence-corrected chi connectivity index (χ2v) is 5.12. The van der Waals surface area contributed by atoms with Gasteiger partial charge in [-0.15, -0.1) is 0 Å². The fourth-order valence-corrected chi connectivity index (χ4v) is 2.00.